The summed E-state index contributed by atoms with van der Waals surface area (Å²) in [5.41, 5.74) is -0.589. The predicted molar refractivity (Wildman–Crippen MR) is 100 cm³/mol. The van der Waals surface area contributed by atoms with Crippen LogP contribution in [0.15, 0.2) is 27.6 Å². The minimum atomic E-state index is -3.70. The molecule has 0 aromatic heterocycles. The Morgan fingerprint density at radius 2 is 1.88 bits per heavy atom. The molecule has 140 valence electrons. The van der Waals surface area contributed by atoms with E-state index in [0.717, 1.165) is 4.47 Å². The fraction of sp³-hybridized carbons (Fsp3) is 0.588. The van der Waals surface area contributed by atoms with Crippen LogP contribution in [0.3, 0.4) is 0 Å². The Balaban J connectivity index is 2.46. The van der Waals surface area contributed by atoms with E-state index in [0.29, 0.717) is 5.56 Å². The van der Waals surface area contributed by atoms with Crippen LogP contribution >= 0.6 is 15.9 Å². The minimum absolute atomic E-state index is 0.126. The number of carboxylic acid groups (broad SMARTS) is 1. The van der Waals surface area contributed by atoms with Gasteiger partial charge in [-0.2, -0.15) is 4.31 Å². The van der Waals surface area contributed by atoms with Crippen LogP contribution in [-0.2, 0) is 10.0 Å². The molecular formula is C17H25BrN2O4S. The number of piperazine rings is 1. The van der Waals surface area contributed by atoms with Crippen LogP contribution in [-0.4, -0.2) is 54.0 Å². The van der Waals surface area contributed by atoms with Crippen LogP contribution in [0.1, 0.15) is 33.3 Å². The second-order valence-corrected chi connectivity index (χ2v) is 10.5. The summed E-state index contributed by atoms with van der Waals surface area (Å²) in [5, 5.41) is 9.57. The Morgan fingerprint density at radius 1 is 1.28 bits per heavy atom. The Bertz CT molecular complexity index is 788. The molecule has 8 heteroatoms. The zero-order valence-corrected chi connectivity index (χ0v) is 17.6. The lowest BCUT2D eigenvalue weighted by atomic mass is 9.73. The van der Waals surface area contributed by atoms with Crippen molar-refractivity contribution in [2.75, 3.05) is 19.6 Å². The third-order valence-electron chi connectivity index (χ3n) is 5.25. The quantitative estimate of drug-likeness (QED) is 0.774. The van der Waals surface area contributed by atoms with Gasteiger partial charge >= 0.3 is 6.09 Å². The average molecular weight is 433 g/mol. The van der Waals surface area contributed by atoms with E-state index in [1.165, 1.54) is 9.21 Å². The van der Waals surface area contributed by atoms with Gasteiger partial charge in [-0.25, -0.2) is 13.2 Å². The van der Waals surface area contributed by atoms with E-state index in [1.54, 1.807) is 25.1 Å². The number of hydrogen-bond acceptors (Lipinski definition) is 3. The molecule has 1 aliphatic rings. The summed E-state index contributed by atoms with van der Waals surface area (Å²) in [6.45, 7) is 9.80. The molecule has 1 heterocycles. The highest BCUT2D eigenvalue weighted by Gasteiger charge is 2.50. The van der Waals surface area contributed by atoms with E-state index in [1.807, 2.05) is 27.7 Å². The maximum absolute atomic E-state index is 13.2. The first kappa shape index (κ1) is 20.2. The normalized spacial score (nSPS) is 22.9. The van der Waals surface area contributed by atoms with Gasteiger partial charge in [0.15, 0.2) is 0 Å². The third-order valence-corrected chi connectivity index (χ3v) is 7.75. The topological polar surface area (TPSA) is 77.9 Å². The van der Waals surface area contributed by atoms with Gasteiger partial charge < -0.3 is 5.11 Å². The number of amides is 1. The molecular weight excluding hydrogens is 408 g/mol. The molecule has 6 nitrogen and oxygen atoms in total. The Hall–Kier alpha value is -1.12. The van der Waals surface area contributed by atoms with Gasteiger partial charge in [0.25, 0.3) is 0 Å². The van der Waals surface area contributed by atoms with Crippen molar-refractivity contribution in [3.63, 3.8) is 0 Å². The molecule has 1 aliphatic heterocycles. The van der Waals surface area contributed by atoms with E-state index < -0.39 is 27.1 Å². The standard InChI is InChI=1S/C17H25BrN2O4S/c1-12-10-13(18)6-7-14(12)25(23,24)19-8-9-20(15(21)22)17(5,11-19)16(2,3)4/h6-7,10H,8-9,11H2,1-5H3,(H,21,22)/t17-/m1/s1. The van der Waals surface area contributed by atoms with Crippen LogP contribution in [0.5, 0.6) is 0 Å². The summed E-state index contributed by atoms with van der Waals surface area (Å²) in [7, 11) is -3.70. The van der Waals surface area contributed by atoms with Crippen LogP contribution in [0.2, 0.25) is 0 Å². The average Bonchev–Trinajstić information content (AvgIpc) is 2.45. The highest BCUT2D eigenvalue weighted by atomic mass is 79.9. The lowest BCUT2D eigenvalue weighted by molar-refractivity contribution is -0.0229. The number of aryl methyl sites for hydroxylation is 1. The lowest BCUT2D eigenvalue weighted by Crippen LogP contribution is -2.68. The van der Waals surface area contributed by atoms with Crippen LogP contribution in [0.4, 0.5) is 4.79 Å². The van der Waals surface area contributed by atoms with Gasteiger partial charge in [0.05, 0.1) is 10.4 Å². The molecule has 1 atom stereocenters. The van der Waals surface area contributed by atoms with Crippen molar-refractivity contribution in [1.82, 2.24) is 9.21 Å². The number of hydrogen-bond donors (Lipinski definition) is 1. The number of halogens is 1. The second kappa shape index (κ2) is 6.55. The summed E-state index contributed by atoms with van der Waals surface area (Å²) < 4.78 is 28.5. The van der Waals surface area contributed by atoms with Crippen molar-refractivity contribution < 1.29 is 18.3 Å². The van der Waals surface area contributed by atoms with Gasteiger partial charge in [-0.1, -0.05) is 36.7 Å². The largest absolute Gasteiger partial charge is 0.465 e. The Morgan fingerprint density at radius 3 is 2.36 bits per heavy atom. The van der Waals surface area contributed by atoms with Gasteiger partial charge in [-0.3, -0.25) is 4.90 Å². The molecule has 25 heavy (non-hydrogen) atoms. The first-order valence-corrected chi connectivity index (χ1v) is 10.3. The van der Waals surface area contributed by atoms with Gasteiger partial charge in [0, 0.05) is 24.1 Å². The molecule has 1 fully saturated rings. The molecule has 0 aliphatic carbocycles. The van der Waals surface area contributed by atoms with Gasteiger partial charge in [-0.15, -0.1) is 0 Å². The number of sulfonamides is 1. The first-order chi connectivity index (χ1) is 11.3. The molecule has 0 saturated carbocycles. The fourth-order valence-electron chi connectivity index (χ4n) is 3.16. The highest BCUT2D eigenvalue weighted by molar-refractivity contribution is 9.10. The molecule has 1 amide bonds. The van der Waals surface area contributed by atoms with E-state index in [4.69, 9.17) is 0 Å². The number of carbonyl (C=O) groups is 1. The predicted octanol–water partition coefficient (Wildman–Crippen LogP) is 3.55. The molecule has 0 bridgehead atoms. The maximum atomic E-state index is 13.2. The van der Waals surface area contributed by atoms with Crippen LogP contribution < -0.4 is 0 Å². The second-order valence-electron chi connectivity index (χ2n) is 7.71. The van der Waals surface area contributed by atoms with Gasteiger partial charge in [0.2, 0.25) is 10.0 Å². The SMILES string of the molecule is Cc1cc(Br)ccc1S(=O)(=O)N1CCN(C(=O)O)[C@@](C)(C(C)(C)C)C1. The number of rotatable bonds is 2. The van der Waals surface area contributed by atoms with Crippen LogP contribution in [0, 0.1) is 12.3 Å². The van der Waals surface area contributed by atoms with Crippen molar-refractivity contribution in [3.8, 4) is 0 Å². The summed E-state index contributed by atoms with van der Waals surface area (Å²) in [5.74, 6) is 0. The summed E-state index contributed by atoms with van der Waals surface area (Å²) in [6.07, 6.45) is -1.02. The van der Waals surface area contributed by atoms with E-state index in [-0.39, 0.29) is 24.5 Å². The minimum Gasteiger partial charge on any atom is -0.465 e. The zero-order valence-electron chi connectivity index (χ0n) is 15.2. The van der Waals surface area contributed by atoms with Crippen molar-refractivity contribution in [2.24, 2.45) is 5.41 Å². The van der Waals surface area contributed by atoms with E-state index in [2.05, 4.69) is 15.9 Å². The van der Waals surface area contributed by atoms with Crippen molar-refractivity contribution >= 4 is 32.0 Å². The molecule has 1 aromatic carbocycles. The molecule has 1 N–H and O–H groups in total. The highest BCUT2D eigenvalue weighted by Crippen LogP contribution is 2.40. The van der Waals surface area contributed by atoms with Gasteiger partial charge in [0.1, 0.15) is 0 Å². The zero-order chi connectivity index (χ0) is 19.2. The molecule has 0 spiro atoms. The van der Waals surface area contributed by atoms with Gasteiger partial charge in [-0.05, 0) is 43.0 Å². The van der Waals surface area contributed by atoms with E-state index >= 15 is 0 Å². The molecule has 2 rings (SSSR count). The van der Waals surface area contributed by atoms with Crippen molar-refractivity contribution in [3.05, 3.63) is 28.2 Å². The van der Waals surface area contributed by atoms with Crippen molar-refractivity contribution in [1.29, 1.82) is 0 Å². The summed E-state index contributed by atoms with van der Waals surface area (Å²) >= 11 is 3.35. The van der Waals surface area contributed by atoms with E-state index in [9.17, 15) is 18.3 Å². The Labute approximate surface area is 158 Å². The lowest BCUT2D eigenvalue weighted by Gasteiger charge is -2.53. The molecule has 1 saturated heterocycles. The third kappa shape index (κ3) is 3.57. The smallest absolute Gasteiger partial charge is 0.407 e. The summed E-state index contributed by atoms with van der Waals surface area (Å²) in [6, 6.07) is 5.06. The summed E-state index contributed by atoms with van der Waals surface area (Å²) in [4.78, 5) is 13.3. The molecule has 0 unspecified atom stereocenters. The fourth-order valence-corrected chi connectivity index (χ4v) is 5.36. The first-order valence-electron chi connectivity index (χ1n) is 8.07. The van der Waals surface area contributed by atoms with Crippen molar-refractivity contribution in [2.45, 2.75) is 45.1 Å². The molecule has 0 radical (unpaired) electrons. The number of nitrogens with zero attached hydrogens (tertiary/aromatic N) is 2. The maximum Gasteiger partial charge on any atom is 0.407 e. The number of benzene rings is 1. The Kier molecular flexibility index (Phi) is 5.29. The monoisotopic (exact) mass is 432 g/mol. The molecule has 1 aromatic rings. The van der Waals surface area contributed by atoms with Crippen LogP contribution in [0.25, 0.3) is 0 Å².